The second-order valence-corrected chi connectivity index (χ2v) is 13.5. The number of nitrogens with one attached hydrogen (secondary N) is 1. The van der Waals surface area contributed by atoms with Gasteiger partial charge in [0.2, 0.25) is 5.91 Å². The molecule has 8 saturated carbocycles. The van der Waals surface area contributed by atoms with Crippen molar-refractivity contribution in [2.45, 2.75) is 94.3 Å². The molecule has 3 heteroatoms. The standard InChI is InChI=1S/C23H34BrNO/c1-14(21-6-15-2-16(7-21)4-17(3-15)8-21)25-20(26)22-9-18-5-19(10-22)12-23(24,11-18)13-22/h14-19H,2-13H2,1H3,(H,25,26)/t14-,15?,16?,17?,18+,19+,21?,22?,23?/m0/s1. The second kappa shape index (κ2) is 5.30. The quantitative estimate of drug-likeness (QED) is 0.605. The van der Waals surface area contributed by atoms with Gasteiger partial charge in [-0.05, 0) is 119 Å². The Morgan fingerprint density at radius 3 is 1.85 bits per heavy atom. The largest absolute Gasteiger partial charge is 0.353 e. The second-order valence-electron chi connectivity index (χ2n) is 11.9. The monoisotopic (exact) mass is 419 g/mol. The molecule has 0 aromatic heterocycles. The fraction of sp³-hybridized carbons (Fsp3) is 0.957. The van der Waals surface area contributed by atoms with Crippen LogP contribution in [0.5, 0.6) is 0 Å². The van der Waals surface area contributed by atoms with Crippen molar-refractivity contribution in [3.63, 3.8) is 0 Å². The highest BCUT2D eigenvalue weighted by Crippen LogP contribution is 2.65. The van der Waals surface area contributed by atoms with E-state index in [1.165, 1.54) is 57.8 Å². The van der Waals surface area contributed by atoms with Crippen molar-refractivity contribution >= 4 is 21.8 Å². The summed E-state index contributed by atoms with van der Waals surface area (Å²) < 4.78 is 0.276. The third kappa shape index (κ3) is 2.37. The van der Waals surface area contributed by atoms with Crippen molar-refractivity contribution < 1.29 is 4.79 Å². The molecule has 8 aliphatic carbocycles. The minimum Gasteiger partial charge on any atom is -0.353 e. The van der Waals surface area contributed by atoms with E-state index >= 15 is 0 Å². The van der Waals surface area contributed by atoms with Crippen LogP contribution in [0.4, 0.5) is 0 Å². The zero-order chi connectivity index (χ0) is 17.7. The van der Waals surface area contributed by atoms with Gasteiger partial charge < -0.3 is 5.32 Å². The van der Waals surface area contributed by atoms with Crippen LogP contribution in [0.15, 0.2) is 0 Å². The maximum Gasteiger partial charge on any atom is 0.226 e. The number of amides is 1. The lowest BCUT2D eigenvalue weighted by Crippen LogP contribution is -2.62. The molecule has 1 N–H and O–H groups in total. The van der Waals surface area contributed by atoms with Crippen LogP contribution in [0.1, 0.15) is 84.0 Å². The van der Waals surface area contributed by atoms with E-state index in [0.29, 0.717) is 17.4 Å². The van der Waals surface area contributed by atoms with Crippen molar-refractivity contribution in [3.8, 4) is 0 Å². The lowest BCUT2D eigenvalue weighted by atomic mass is 9.47. The van der Waals surface area contributed by atoms with Crippen LogP contribution in [-0.2, 0) is 4.79 Å². The average Bonchev–Trinajstić information content (AvgIpc) is 2.51. The maximum absolute atomic E-state index is 13.6. The number of hydrogen-bond acceptors (Lipinski definition) is 1. The zero-order valence-electron chi connectivity index (χ0n) is 16.2. The molecule has 0 aromatic carbocycles. The van der Waals surface area contributed by atoms with E-state index in [1.54, 1.807) is 0 Å². The Bertz CT molecular complexity index is 593. The zero-order valence-corrected chi connectivity index (χ0v) is 17.8. The van der Waals surface area contributed by atoms with Crippen molar-refractivity contribution in [2.24, 2.45) is 40.4 Å². The van der Waals surface area contributed by atoms with Crippen LogP contribution < -0.4 is 5.32 Å². The van der Waals surface area contributed by atoms with Crippen LogP contribution in [0, 0.1) is 40.4 Å². The Morgan fingerprint density at radius 2 is 1.35 bits per heavy atom. The normalized spacial score (nSPS) is 57.4. The van der Waals surface area contributed by atoms with Gasteiger partial charge in [-0.15, -0.1) is 0 Å². The molecule has 0 heterocycles. The summed E-state index contributed by atoms with van der Waals surface area (Å²) in [4.78, 5) is 13.6. The van der Waals surface area contributed by atoms with Gasteiger partial charge in [-0.25, -0.2) is 0 Å². The first kappa shape index (κ1) is 16.9. The van der Waals surface area contributed by atoms with Crippen LogP contribution in [0.3, 0.4) is 0 Å². The predicted octanol–water partition coefficient (Wildman–Crippen LogP) is 5.44. The smallest absolute Gasteiger partial charge is 0.226 e. The molecule has 0 radical (unpaired) electrons. The minimum absolute atomic E-state index is 0.0515. The molecule has 144 valence electrons. The topological polar surface area (TPSA) is 29.1 Å². The van der Waals surface area contributed by atoms with Crippen LogP contribution in [-0.4, -0.2) is 16.3 Å². The highest BCUT2D eigenvalue weighted by atomic mass is 79.9. The molecule has 1 amide bonds. The van der Waals surface area contributed by atoms with Gasteiger partial charge in [-0.3, -0.25) is 4.79 Å². The molecule has 0 unspecified atom stereocenters. The highest BCUT2D eigenvalue weighted by molar-refractivity contribution is 9.10. The van der Waals surface area contributed by atoms with Gasteiger partial charge in [0.25, 0.3) is 0 Å². The van der Waals surface area contributed by atoms with Gasteiger partial charge in [0.1, 0.15) is 0 Å². The number of rotatable bonds is 3. The van der Waals surface area contributed by atoms with Crippen molar-refractivity contribution in [3.05, 3.63) is 0 Å². The molecule has 0 spiro atoms. The first-order valence-corrected chi connectivity index (χ1v) is 12.1. The summed E-state index contributed by atoms with van der Waals surface area (Å²) in [5, 5.41) is 3.65. The molecular weight excluding hydrogens is 386 g/mol. The summed E-state index contributed by atoms with van der Waals surface area (Å²) in [6.45, 7) is 2.36. The molecule has 8 bridgehead atoms. The molecular formula is C23H34BrNO. The Balaban J connectivity index is 1.22. The van der Waals surface area contributed by atoms with Gasteiger partial charge in [-0.1, -0.05) is 15.9 Å². The number of hydrogen-bond donors (Lipinski definition) is 1. The summed E-state index contributed by atoms with van der Waals surface area (Å²) in [7, 11) is 0. The summed E-state index contributed by atoms with van der Waals surface area (Å²) in [5.74, 6) is 4.90. The first-order chi connectivity index (χ1) is 12.4. The SMILES string of the molecule is C[C@H](NC(=O)C12C[C@H]3C[C@@H](CC(Br)(C3)C1)C2)C12CC3CC(CC(C3)C1)C2. The Labute approximate surface area is 166 Å². The molecule has 3 atom stereocenters. The van der Waals surface area contributed by atoms with E-state index in [1.807, 2.05) is 0 Å². The van der Waals surface area contributed by atoms with Gasteiger partial charge in [0, 0.05) is 10.4 Å². The van der Waals surface area contributed by atoms with Crippen LogP contribution >= 0.6 is 15.9 Å². The van der Waals surface area contributed by atoms with E-state index in [0.717, 1.165) is 48.9 Å². The Hall–Kier alpha value is -0.0500. The summed E-state index contributed by atoms with van der Waals surface area (Å²) >= 11 is 4.08. The summed E-state index contributed by atoms with van der Waals surface area (Å²) in [6, 6.07) is 0.377. The third-order valence-corrected chi connectivity index (χ3v) is 10.8. The lowest BCUT2D eigenvalue weighted by Gasteiger charge is -2.61. The lowest BCUT2D eigenvalue weighted by molar-refractivity contribution is -0.148. The Kier molecular flexibility index (Phi) is 3.44. The molecule has 26 heavy (non-hydrogen) atoms. The number of carbonyl (C=O) groups excluding carboxylic acids is 1. The van der Waals surface area contributed by atoms with Crippen molar-refractivity contribution in [2.75, 3.05) is 0 Å². The fourth-order valence-electron chi connectivity index (χ4n) is 9.63. The van der Waals surface area contributed by atoms with Crippen LogP contribution in [0.2, 0.25) is 0 Å². The summed E-state index contributed by atoms with van der Waals surface area (Å²) in [6.07, 6.45) is 16.0. The van der Waals surface area contributed by atoms with E-state index in [2.05, 4.69) is 28.2 Å². The molecule has 8 fully saturated rings. The maximum atomic E-state index is 13.6. The molecule has 2 nitrogen and oxygen atoms in total. The molecule has 0 aromatic rings. The van der Waals surface area contributed by atoms with E-state index in [4.69, 9.17) is 0 Å². The van der Waals surface area contributed by atoms with Gasteiger partial charge >= 0.3 is 0 Å². The van der Waals surface area contributed by atoms with Gasteiger partial charge in [0.15, 0.2) is 0 Å². The molecule has 8 rings (SSSR count). The van der Waals surface area contributed by atoms with Gasteiger partial charge in [-0.2, -0.15) is 0 Å². The number of halogens is 1. The van der Waals surface area contributed by atoms with Crippen molar-refractivity contribution in [1.29, 1.82) is 0 Å². The third-order valence-electron chi connectivity index (χ3n) is 9.82. The molecule has 8 aliphatic rings. The highest BCUT2D eigenvalue weighted by Gasteiger charge is 2.60. The van der Waals surface area contributed by atoms with E-state index in [-0.39, 0.29) is 9.74 Å². The van der Waals surface area contributed by atoms with E-state index < -0.39 is 0 Å². The van der Waals surface area contributed by atoms with E-state index in [9.17, 15) is 4.79 Å². The predicted molar refractivity (Wildman–Crippen MR) is 107 cm³/mol. The summed E-state index contributed by atoms with van der Waals surface area (Å²) in [5.41, 5.74) is 0.378. The minimum atomic E-state index is -0.0515. The first-order valence-electron chi connectivity index (χ1n) is 11.4. The Morgan fingerprint density at radius 1 is 0.846 bits per heavy atom. The number of carbonyl (C=O) groups is 1. The number of alkyl halides is 1. The molecule has 0 saturated heterocycles. The van der Waals surface area contributed by atoms with Gasteiger partial charge in [0.05, 0.1) is 5.41 Å². The molecule has 0 aliphatic heterocycles. The van der Waals surface area contributed by atoms with Crippen LogP contribution in [0.25, 0.3) is 0 Å². The van der Waals surface area contributed by atoms with Crippen molar-refractivity contribution in [1.82, 2.24) is 5.32 Å². The average molecular weight is 420 g/mol. The fourth-order valence-corrected chi connectivity index (χ4v) is 11.1.